The number of benzene rings is 1. The largest absolute Gasteiger partial charge is 0.444 e. The first-order valence-electron chi connectivity index (χ1n) is 8.77. The van der Waals surface area contributed by atoms with Gasteiger partial charge in [0.25, 0.3) is 0 Å². The Balaban J connectivity index is 2.00. The third-order valence-corrected chi connectivity index (χ3v) is 3.85. The molecule has 1 aromatic carbocycles. The predicted octanol–water partition coefficient (Wildman–Crippen LogP) is 3.56. The summed E-state index contributed by atoms with van der Waals surface area (Å²) in [5.74, 6) is -0.183. The van der Waals surface area contributed by atoms with Gasteiger partial charge < -0.3 is 14.8 Å². The maximum absolute atomic E-state index is 12.6. The van der Waals surface area contributed by atoms with Gasteiger partial charge >= 0.3 is 6.09 Å². The molecule has 1 aromatic rings. The van der Waals surface area contributed by atoms with Crippen LogP contribution in [0.2, 0.25) is 0 Å². The first-order chi connectivity index (χ1) is 11.8. The van der Waals surface area contributed by atoms with E-state index in [1.807, 2.05) is 52.0 Å². The molecule has 2 amide bonds. The molecule has 1 saturated heterocycles. The van der Waals surface area contributed by atoms with Crippen molar-refractivity contribution in [2.45, 2.75) is 58.8 Å². The molecule has 138 valence electrons. The van der Waals surface area contributed by atoms with E-state index in [9.17, 15) is 9.59 Å². The molecule has 6 nitrogen and oxygen atoms in total. The van der Waals surface area contributed by atoms with Crippen molar-refractivity contribution in [1.29, 1.82) is 0 Å². The van der Waals surface area contributed by atoms with E-state index in [-0.39, 0.29) is 5.91 Å². The molecule has 25 heavy (non-hydrogen) atoms. The third kappa shape index (κ3) is 5.74. The maximum atomic E-state index is 12.6. The summed E-state index contributed by atoms with van der Waals surface area (Å²) in [4.78, 5) is 26.5. The van der Waals surface area contributed by atoms with Crippen molar-refractivity contribution in [1.82, 2.24) is 4.90 Å². The van der Waals surface area contributed by atoms with Gasteiger partial charge in [-0.15, -0.1) is 0 Å². The van der Waals surface area contributed by atoms with Gasteiger partial charge in [0, 0.05) is 18.8 Å². The fourth-order valence-electron chi connectivity index (χ4n) is 2.76. The topological polar surface area (TPSA) is 67.9 Å². The van der Waals surface area contributed by atoms with Gasteiger partial charge in [0.05, 0.1) is 6.61 Å². The first-order valence-corrected chi connectivity index (χ1v) is 8.77. The van der Waals surface area contributed by atoms with Gasteiger partial charge in [-0.2, -0.15) is 0 Å². The van der Waals surface area contributed by atoms with Gasteiger partial charge in [0.15, 0.2) is 0 Å². The van der Waals surface area contributed by atoms with E-state index in [1.165, 1.54) is 4.90 Å². The average Bonchev–Trinajstić information content (AvgIpc) is 3.01. The molecule has 1 atom stereocenters. The van der Waals surface area contributed by atoms with Crippen molar-refractivity contribution < 1.29 is 19.1 Å². The summed E-state index contributed by atoms with van der Waals surface area (Å²) in [6.07, 6.45) is 1.00. The van der Waals surface area contributed by atoms with Gasteiger partial charge in [-0.3, -0.25) is 9.69 Å². The molecule has 0 spiro atoms. The normalized spacial score (nSPS) is 17.4. The SMILES string of the molecule is CCOCc1cccc(NC(=O)[C@@H]2CCCN2C(=O)OC(C)(C)C)c1. The highest BCUT2D eigenvalue weighted by atomic mass is 16.6. The van der Waals surface area contributed by atoms with Gasteiger partial charge in [0.1, 0.15) is 11.6 Å². The van der Waals surface area contributed by atoms with Crippen LogP contribution in [0.4, 0.5) is 10.5 Å². The van der Waals surface area contributed by atoms with Crippen LogP contribution >= 0.6 is 0 Å². The summed E-state index contributed by atoms with van der Waals surface area (Å²) < 4.78 is 10.8. The lowest BCUT2D eigenvalue weighted by Crippen LogP contribution is -2.45. The molecule has 0 radical (unpaired) electrons. The second-order valence-corrected chi connectivity index (χ2v) is 7.16. The lowest BCUT2D eigenvalue weighted by Gasteiger charge is -2.28. The third-order valence-electron chi connectivity index (χ3n) is 3.85. The molecule has 1 fully saturated rings. The van der Waals surface area contributed by atoms with Crippen LogP contribution in [0.25, 0.3) is 0 Å². The fourth-order valence-corrected chi connectivity index (χ4v) is 2.76. The smallest absolute Gasteiger partial charge is 0.410 e. The van der Waals surface area contributed by atoms with E-state index in [0.29, 0.717) is 31.9 Å². The molecule has 1 N–H and O–H groups in total. The van der Waals surface area contributed by atoms with E-state index in [1.54, 1.807) is 0 Å². The standard InChI is InChI=1S/C19H28N2O4/c1-5-24-13-14-8-6-9-15(12-14)20-17(22)16-10-7-11-21(16)18(23)25-19(2,3)4/h6,8-9,12,16H,5,7,10-11,13H2,1-4H3,(H,20,22)/t16-/m0/s1. The summed E-state index contributed by atoms with van der Waals surface area (Å²) in [6.45, 7) is 9.09. The Morgan fingerprint density at radius 1 is 1.32 bits per heavy atom. The highest BCUT2D eigenvalue weighted by Gasteiger charge is 2.36. The summed E-state index contributed by atoms with van der Waals surface area (Å²) in [6, 6.07) is 7.06. The Morgan fingerprint density at radius 3 is 2.76 bits per heavy atom. The van der Waals surface area contributed by atoms with Gasteiger partial charge in [-0.1, -0.05) is 12.1 Å². The molecule has 1 heterocycles. The molecular formula is C19H28N2O4. The van der Waals surface area contributed by atoms with Crippen molar-refractivity contribution in [3.8, 4) is 0 Å². The van der Waals surface area contributed by atoms with Crippen LogP contribution in [0.3, 0.4) is 0 Å². The summed E-state index contributed by atoms with van der Waals surface area (Å²) in [5.41, 5.74) is 1.13. The molecule has 0 bridgehead atoms. The monoisotopic (exact) mass is 348 g/mol. The molecule has 1 aliphatic heterocycles. The highest BCUT2D eigenvalue weighted by Crippen LogP contribution is 2.22. The maximum Gasteiger partial charge on any atom is 0.410 e. The Kier molecular flexibility index (Phi) is 6.42. The number of anilines is 1. The molecule has 0 aromatic heterocycles. The van der Waals surface area contributed by atoms with Crippen LogP contribution in [0.15, 0.2) is 24.3 Å². The summed E-state index contributed by atoms with van der Waals surface area (Å²) in [5, 5.41) is 2.90. The molecule has 0 saturated carbocycles. The Hall–Kier alpha value is -2.08. The van der Waals surface area contributed by atoms with E-state index in [0.717, 1.165) is 12.0 Å². The minimum absolute atomic E-state index is 0.183. The van der Waals surface area contributed by atoms with Crippen LogP contribution in [-0.4, -0.2) is 41.7 Å². The number of nitrogens with zero attached hydrogens (tertiary/aromatic N) is 1. The van der Waals surface area contributed by atoms with Crippen LogP contribution < -0.4 is 5.32 Å². The Morgan fingerprint density at radius 2 is 2.08 bits per heavy atom. The van der Waals surface area contributed by atoms with E-state index in [2.05, 4.69) is 5.32 Å². The number of amides is 2. The molecule has 1 aliphatic rings. The highest BCUT2D eigenvalue weighted by molar-refractivity contribution is 5.96. The minimum atomic E-state index is -0.575. The number of nitrogens with one attached hydrogen (secondary N) is 1. The predicted molar refractivity (Wildman–Crippen MR) is 96.4 cm³/mol. The van der Waals surface area contributed by atoms with Gasteiger partial charge in [-0.25, -0.2) is 4.79 Å². The quantitative estimate of drug-likeness (QED) is 0.883. The summed E-state index contributed by atoms with van der Waals surface area (Å²) in [7, 11) is 0. The Bertz CT molecular complexity index is 610. The zero-order valence-electron chi connectivity index (χ0n) is 15.5. The van der Waals surface area contributed by atoms with Crippen LogP contribution in [0, 0.1) is 0 Å². The van der Waals surface area contributed by atoms with Crippen molar-refractivity contribution in [3.63, 3.8) is 0 Å². The van der Waals surface area contributed by atoms with Crippen molar-refractivity contribution >= 4 is 17.7 Å². The molecule has 6 heteroatoms. The van der Waals surface area contributed by atoms with Gasteiger partial charge in [0.2, 0.25) is 5.91 Å². The summed E-state index contributed by atoms with van der Waals surface area (Å²) >= 11 is 0. The molecule has 0 aliphatic carbocycles. The number of carbonyl (C=O) groups excluding carboxylic acids is 2. The first kappa shape index (κ1) is 19.2. The zero-order chi connectivity index (χ0) is 18.4. The van der Waals surface area contributed by atoms with Crippen molar-refractivity contribution in [3.05, 3.63) is 29.8 Å². The fraction of sp³-hybridized carbons (Fsp3) is 0.579. The number of hydrogen-bond acceptors (Lipinski definition) is 4. The number of likely N-dealkylation sites (tertiary alicyclic amines) is 1. The van der Waals surface area contributed by atoms with E-state index < -0.39 is 17.7 Å². The molecule has 0 unspecified atom stereocenters. The van der Waals surface area contributed by atoms with Gasteiger partial charge in [-0.05, 0) is 58.2 Å². The number of carbonyl (C=O) groups is 2. The van der Waals surface area contributed by atoms with Crippen LogP contribution in [0.1, 0.15) is 46.1 Å². The lowest BCUT2D eigenvalue weighted by molar-refractivity contribution is -0.120. The minimum Gasteiger partial charge on any atom is -0.444 e. The van der Waals surface area contributed by atoms with Crippen molar-refractivity contribution in [2.24, 2.45) is 0 Å². The molecular weight excluding hydrogens is 320 g/mol. The number of hydrogen-bond donors (Lipinski definition) is 1. The average molecular weight is 348 g/mol. The van der Waals surface area contributed by atoms with E-state index >= 15 is 0 Å². The lowest BCUT2D eigenvalue weighted by atomic mass is 10.1. The Labute approximate surface area is 149 Å². The molecule has 2 rings (SSSR count). The van der Waals surface area contributed by atoms with Crippen molar-refractivity contribution in [2.75, 3.05) is 18.5 Å². The van der Waals surface area contributed by atoms with Crippen LogP contribution in [0.5, 0.6) is 0 Å². The number of ether oxygens (including phenoxy) is 2. The second-order valence-electron chi connectivity index (χ2n) is 7.16. The van der Waals surface area contributed by atoms with E-state index in [4.69, 9.17) is 9.47 Å². The van der Waals surface area contributed by atoms with Crippen LogP contribution in [-0.2, 0) is 20.9 Å². The number of rotatable bonds is 5. The zero-order valence-corrected chi connectivity index (χ0v) is 15.5. The second kappa shape index (κ2) is 8.34.